The van der Waals surface area contributed by atoms with Crippen LogP contribution in [0.3, 0.4) is 0 Å². The van der Waals surface area contributed by atoms with E-state index in [0.29, 0.717) is 16.7 Å². The first-order valence-electron chi connectivity index (χ1n) is 14.3. The van der Waals surface area contributed by atoms with Crippen LogP contribution >= 0.6 is 0 Å². The van der Waals surface area contributed by atoms with Gasteiger partial charge in [-0.2, -0.15) is 0 Å². The van der Waals surface area contributed by atoms with Gasteiger partial charge >= 0.3 is 5.97 Å². The van der Waals surface area contributed by atoms with Gasteiger partial charge < -0.3 is 9.84 Å². The monoisotopic (exact) mass is 482 g/mol. The van der Waals surface area contributed by atoms with E-state index in [9.17, 15) is 9.90 Å². The van der Waals surface area contributed by atoms with Gasteiger partial charge in [-0.1, -0.05) is 78.7 Å². The summed E-state index contributed by atoms with van der Waals surface area (Å²) in [5.74, 6) is 0.506. The molecular formula is C32H50O3. The molecule has 0 aromatic carbocycles. The number of carbonyl (C=O) groups excluding carboxylic acids is 1. The van der Waals surface area contributed by atoms with Crippen LogP contribution in [0.1, 0.15) is 114 Å². The maximum atomic E-state index is 11.9. The Morgan fingerprint density at radius 1 is 0.886 bits per heavy atom. The second-order valence-corrected chi connectivity index (χ2v) is 15.6. The van der Waals surface area contributed by atoms with Gasteiger partial charge in [-0.15, -0.1) is 0 Å². The van der Waals surface area contributed by atoms with Gasteiger partial charge in [0.1, 0.15) is 6.10 Å². The lowest BCUT2D eigenvalue weighted by Gasteiger charge is -2.69. The Bertz CT molecular complexity index is 987. The number of hydrogen-bond acceptors (Lipinski definition) is 3. The molecule has 1 N–H and O–H groups in total. The van der Waals surface area contributed by atoms with Gasteiger partial charge in [0, 0.05) is 23.7 Å². The average Bonchev–Trinajstić information content (AvgIpc) is 2.71. The molecule has 0 amide bonds. The van der Waals surface area contributed by atoms with Crippen LogP contribution < -0.4 is 0 Å². The molecule has 0 saturated heterocycles. The van der Waals surface area contributed by atoms with Crippen LogP contribution in [-0.4, -0.2) is 23.3 Å². The number of ether oxygens (including phenoxy) is 1. The van der Waals surface area contributed by atoms with E-state index in [1.807, 2.05) is 0 Å². The maximum Gasteiger partial charge on any atom is 0.302 e. The highest BCUT2D eigenvalue weighted by Gasteiger charge is 2.68. The molecule has 4 fully saturated rings. The average molecular weight is 483 g/mol. The predicted octanol–water partition coefficient (Wildman–Crippen LogP) is 7.63. The summed E-state index contributed by atoms with van der Waals surface area (Å²) in [7, 11) is 0. The molecule has 35 heavy (non-hydrogen) atoms. The van der Waals surface area contributed by atoms with Crippen molar-refractivity contribution in [3.63, 3.8) is 0 Å². The van der Waals surface area contributed by atoms with Gasteiger partial charge in [0.25, 0.3) is 0 Å². The number of fused-ring (bicyclic) bond motifs is 7. The molecule has 3 nitrogen and oxygen atoms in total. The van der Waals surface area contributed by atoms with E-state index in [0.717, 1.165) is 19.3 Å². The van der Waals surface area contributed by atoms with E-state index >= 15 is 0 Å². The van der Waals surface area contributed by atoms with E-state index < -0.39 is 6.10 Å². The van der Waals surface area contributed by atoms with Crippen molar-refractivity contribution >= 4 is 5.97 Å². The van der Waals surface area contributed by atoms with Crippen molar-refractivity contribution in [2.75, 3.05) is 0 Å². The first-order chi connectivity index (χ1) is 16.0. The number of hydrogen-bond donors (Lipinski definition) is 1. The van der Waals surface area contributed by atoms with Gasteiger partial charge in [0.05, 0.1) is 6.10 Å². The van der Waals surface area contributed by atoms with Crippen molar-refractivity contribution in [1.29, 1.82) is 0 Å². The number of aliphatic hydroxyl groups is 1. The maximum absolute atomic E-state index is 11.9. The fourth-order valence-corrected chi connectivity index (χ4v) is 10.4. The summed E-state index contributed by atoms with van der Waals surface area (Å²) in [5, 5.41) is 11.9. The minimum Gasteiger partial charge on any atom is -0.462 e. The molecule has 8 atom stereocenters. The Balaban J connectivity index is 1.61. The Kier molecular flexibility index (Phi) is 5.47. The molecule has 0 aromatic heterocycles. The molecule has 5 rings (SSSR count). The molecule has 4 saturated carbocycles. The van der Waals surface area contributed by atoms with Crippen LogP contribution in [0.15, 0.2) is 23.3 Å². The summed E-state index contributed by atoms with van der Waals surface area (Å²) in [6.45, 7) is 20.9. The van der Waals surface area contributed by atoms with Crippen molar-refractivity contribution < 1.29 is 14.6 Å². The molecule has 5 aliphatic rings. The lowest BCUT2D eigenvalue weighted by molar-refractivity contribution is -0.192. The molecule has 0 spiro atoms. The Hall–Kier alpha value is -1.09. The largest absolute Gasteiger partial charge is 0.462 e. The lowest BCUT2D eigenvalue weighted by atomic mass is 9.35. The van der Waals surface area contributed by atoms with E-state index in [1.165, 1.54) is 39.0 Å². The third-order valence-electron chi connectivity index (χ3n) is 12.6. The van der Waals surface area contributed by atoms with Gasteiger partial charge in [-0.25, -0.2) is 0 Å². The van der Waals surface area contributed by atoms with E-state index in [2.05, 4.69) is 67.5 Å². The van der Waals surface area contributed by atoms with Gasteiger partial charge in [-0.3, -0.25) is 4.79 Å². The Labute approximate surface area is 214 Å². The van der Waals surface area contributed by atoms with Crippen LogP contribution in [0.4, 0.5) is 0 Å². The van der Waals surface area contributed by atoms with Gasteiger partial charge in [0.2, 0.25) is 0 Å². The molecule has 0 heterocycles. The highest BCUT2D eigenvalue weighted by atomic mass is 16.5. The van der Waals surface area contributed by atoms with Crippen LogP contribution in [0.25, 0.3) is 0 Å². The topological polar surface area (TPSA) is 46.5 Å². The molecule has 0 aliphatic heterocycles. The summed E-state index contributed by atoms with van der Waals surface area (Å²) in [6, 6.07) is 0. The van der Waals surface area contributed by atoms with Crippen molar-refractivity contribution in [2.45, 2.75) is 126 Å². The highest BCUT2D eigenvalue weighted by molar-refractivity contribution is 5.66. The van der Waals surface area contributed by atoms with Crippen molar-refractivity contribution in [3.8, 4) is 0 Å². The minimum absolute atomic E-state index is 0.0466. The molecule has 0 bridgehead atoms. The minimum atomic E-state index is -0.400. The number of esters is 1. The summed E-state index contributed by atoms with van der Waals surface area (Å²) >= 11 is 0. The molecule has 0 aromatic rings. The normalized spacial score (nSPS) is 49.9. The zero-order valence-electron chi connectivity index (χ0n) is 23.9. The standard InChI is InChI=1S/C32H50O3/c1-20(33)35-25-12-13-30(7)24-11-10-21-22-18-27(2,3)14-15-29(22,6)16-17-31(21,8)32(24,9)19-23(34)26(30)28(25,4)5/h10-11,22-23,25-26,34H,12-19H2,1-9H3/t22-,23+,25-,26-,29+,30+,31+,32+/m0/s1. The fraction of sp³-hybridized carbons (Fsp3) is 0.844. The first-order valence-corrected chi connectivity index (χ1v) is 14.3. The highest BCUT2D eigenvalue weighted by Crippen LogP contribution is 2.74. The zero-order valence-corrected chi connectivity index (χ0v) is 23.9. The predicted molar refractivity (Wildman–Crippen MR) is 142 cm³/mol. The summed E-state index contributed by atoms with van der Waals surface area (Å²) in [4.78, 5) is 11.9. The smallest absolute Gasteiger partial charge is 0.302 e. The van der Waals surface area contributed by atoms with Crippen LogP contribution in [0, 0.1) is 44.3 Å². The number of allylic oxidation sites excluding steroid dienone is 4. The van der Waals surface area contributed by atoms with Crippen LogP contribution in [-0.2, 0) is 9.53 Å². The summed E-state index contributed by atoms with van der Waals surface area (Å²) in [6.07, 6.45) is 13.6. The van der Waals surface area contributed by atoms with Crippen LogP contribution in [0.5, 0.6) is 0 Å². The molecule has 0 unspecified atom stereocenters. The SMILES string of the molecule is CC(=O)O[C@H]1CC[C@]2(C)C3=CC=C4[C@@H]5CC(C)(C)CC[C@]5(C)CC[C@@]4(C)[C@]3(C)C[C@@H](O)[C@H]2C1(C)C. The third kappa shape index (κ3) is 3.35. The van der Waals surface area contributed by atoms with Crippen molar-refractivity contribution in [2.24, 2.45) is 44.3 Å². The fourth-order valence-electron chi connectivity index (χ4n) is 10.4. The quantitative estimate of drug-likeness (QED) is 0.391. The summed E-state index contributed by atoms with van der Waals surface area (Å²) in [5.41, 5.74) is 3.71. The molecule has 5 aliphatic carbocycles. The van der Waals surface area contributed by atoms with E-state index in [-0.39, 0.29) is 39.7 Å². The number of rotatable bonds is 1. The third-order valence-corrected chi connectivity index (χ3v) is 12.6. The molecule has 0 radical (unpaired) electrons. The molecular weight excluding hydrogens is 432 g/mol. The number of aliphatic hydroxyl groups excluding tert-OH is 1. The molecule has 196 valence electrons. The van der Waals surface area contributed by atoms with E-state index in [4.69, 9.17) is 4.74 Å². The zero-order chi connectivity index (χ0) is 25.8. The lowest BCUT2D eigenvalue weighted by Crippen LogP contribution is -2.65. The number of carbonyl (C=O) groups is 1. The Morgan fingerprint density at radius 3 is 2.20 bits per heavy atom. The van der Waals surface area contributed by atoms with E-state index in [1.54, 1.807) is 11.1 Å². The van der Waals surface area contributed by atoms with Gasteiger partial charge in [0.15, 0.2) is 0 Å². The molecule has 3 heteroatoms. The van der Waals surface area contributed by atoms with Crippen molar-refractivity contribution in [3.05, 3.63) is 23.3 Å². The van der Waals surface area contributed by atoms with Crippen LogP contribution in [0.2, 0.25) is 0 Å². The first kappa shape index (κ1) is 25.6. The second-order valence-electron chi connectivity index (χ2n) is 15.6. The van der Waals surface area contributed by atoms with Gasteiger partial charge in [-0.05, 0) is 78.9 Å². The summed E-state index contributed by atoms with van der Waals surface area (Å²) < 4.78 is 5.82. The Morgan fingerprint density at radius 2 is 1.54 bits per heavy atom. The second kappa shape index (κ2) is 7.49. The van der Waals surface area contributed by atoms with Crippen molar-refractivity contribution in [1.82, 2.24) is 0 Å².